The summed E-state index contributed by atoms with van der Waals surface area (Å²) in [4.78, 5) is 21.4. The molecule has 2 rings (SSSR count). The van der Waals surface area contributed by atoms with E-state index in [-0.39, 0.29) is 11.9 Å². The molecule has 2 heterocycles. The number of aromatic nitrogens is 2. The monoisotopic (exact) mass is 307 g/mol. The fourth-order valence-corrected chi connectivity index (χ4v) is 2.78. The lowest BCUT2D eigenvalue weighted by Gasteiger charge is -2.32. The molecule has 1 atom stereocenters. The van der Waals surface area contributed by atoms with Crippen LogP contribution in [0.1, 0.15) is 32.1 Å². The van der Waals surface area contributed by atoms with E-state index < -0.39 is 0 Å². The lowest BCUT2D eigenvalue weighted by atomic mass is 10.0. The van der Waals surface area contributed by atoms with Gasteiger partial charge in [-0.15, -0.1) is 0 Å². The van der Waals surface area contributed by atoms with Crippen LogP contribution in [0.5, 0.6) is 0 Å². The summed E-state index contributed by atoms with van der Waals surface area (Å²) < 4.78 is 1.98. The van der Waals surface area contributed by atoms with Crippen LogP contribution in [0.4, 0.5) is 0 Å². The van der Waals surface area contributed by atoms with Gasteiger partial charge in [0.2, 0.25) is 5.91 Å². The zero-order chi connectivity index (χ0) is 16.1. The van der Waals surface area contributed by atoms with Gasteiger partial charge in [0.1, 0.15) is 5.82 Å². The minimum absolute atomic E-state index is 0.0278. The van der Waals surface area contributed by atoms with Gasteiger partial charge in [0.05, 0.1) is 6.04 Å². The first-order valence-corrected chi connectivity index (χ1v) is 8.15. The first kappa shape index (κ1) is 17.0. The van der Waals surface area contributed by atoms with Crippen molar-refractivity contribution < 1.29 is 4.79 Å². The number of hydrogen-bond donors (Lipinski definition) is 1. The molecular formula is C16H29N5O. The Bertz CT molecular complexity index is 477. The highest BCUT2D eigenvalue weighted by Crippen LogP contribution is 2.19. The van der Waals surface area contributed by atoms with Crippen molar-refractivity contribution in [2.75, 3.05) is 39.8 Å². The Morgan fingerprint density at radius 1 is 1.27 bits per heavy atom. The standard InChI is InChI=1S/C16H29N5O/c1-13(2)15(16-17-6-8-20(16)4)18-14(22)5-7-21-11-9-19(3)10-12-21/h6,8,13,15H,5,7,9-12H2,1-4H3,(H,18,22)/t15-/m1/s1. The molecule has 0 bridgehead atoms. The Labute approximate surface area is 133 Å². The number of carbonyl (C=O) groups excluding carboxylic acids is 1. The lowest BCUT2D eigenvalue weighted by Crippen LogP contribution is -2.45. The van der Waals surface area contributed by atoms with Gasteiger partial charge in [0.15, 0.2) is 0 Å². The van der Waals surface area contributed by atoms with E-state index in [1.165, 1.54) is 0 Å². The second-order valence-electron chi connectivity index (χ2n) is 6.58. The molecule has 1 amide bonds. The number of likely N-dealkylation sites (N-methyl/N-ethyl adjacent to an activating group) is 1. The van der Waals surface area contributed by atoms with Crippen LogP contribution in [0.25, 0.3) is 0 Å². The number of rotatable bonds is 6. The maximum Gasteiger partial charge on any atom is 0.221 e. The van der Waals surface area contributed by atoms with Gasteiger partial charge in [-0.2, -0.15) is 0 Å². The van der Waals surface area contributed by atoms with Crippen LogP contribution < -0.4 is 5.32 Å². The molecule has 1 aromatic heterocycles. The smallest absolute Gasteiger partial charge is 0.221 e. The summed E-state index contributed by atoms with van der Waals surface area (Å²) in [5, 5.41) is 3.15. The second kappa shape index (κ2) is 7.74. The number of imidazole rings is 1. The molecule has 0 radical (unpaired) electrons. The van der Waals surface area contributed by atoms with Crippen molar-refractivity contribution in [2.45, 2.75) is 26.3 Å². The van der Waals surface area contributed by atoms with Gasteiger partial charge in [0.25, 0.3) is 0 Å². The van der Waals surface area contributed by atoms with Crippen molar-refractivity contribution in [1.29, 1.82) is 0 Å². The first-order chi connectivity index (χ1) is 10.5. The fourth-order valence-electron chi connectivity index (χ4n) is 2.78. The molecule has 1 saturated heterocycles. The second-order valence-corrected chi connectivity index (χ2v) is 6.58. The van der Waals surface area contributed by atoms with Gasteiger partial charge in [-0.1, -0.05) is 13.8 Å². The normalized spacial score (nSPS) is 18.6. The largest absolute Gasteiger partial charge is 0.346 e. The molecule has 0 unspecified atom stereocenters. The minimum Gasteiger partial charge on any atom is -0.346 e. The molecule has 1 aromatic rings. The van der Waals surface area contributed by atoms with Crippen LogP contribution in [0.2, 0.25) is 0 Å². The van der Waals surface area contributed by atoms with E-state index >= 15 is 0 Å². The van der Waals surface area contributed by atoms with Gasteiger partial charge in [0, 0.05) is 58.6 Å². The topological polar surface area (TPSA) is 53.4 Å². The highest BCUT2D eigenvalue weighted by atomic mass is 16.1. The Morgan fingerprint density at radius 2 is 1.95 bits per heavy atom. The van der Waals surface area contributed by atoms with Gasteiger partial charge in [-0.25, -0.2) is 4.98 Å². The molecule has 1 fully saturated rings. The number of piperazine rings is 1. The maximum atomic E-state index is 12.3. The van der Waals surface area contributed by atoms with E-state index in [0.717, 1.165) is 38.5 Å². The van der Waals surface area contributed by atoms with Crippen molar-refractivity contribution in [3.05, 3.63) is 18.2 Å². The Hall–Kier alpha value is -1.40. The predicted octanol–water partition coefficient (Wildman–Crippen LogP) is 0.871. The highest BCUT2D eigenvalue weighted by molar-refractivity contribution is 5.76. The predicted molar refractivity (Wildman–Crippen MR) is 87.5 cm³/mol. The minimum atomic E-state index is -0.0278. The van der Waals surface area contributed by atoms with Crippen LogP contribution in [0.15, 0.2) is 12.4 Å². The van der Waals surface area contributed by atoms with Crippen LogP contribution in [0.3, 0.4) is 0 Å². The molecule has 6 heteroatoms. The van der Waals surface area contributed by atoms with E-state index in [1.54, 1.807) is 6.20 Å². The van der Waals surface area contributed by atoms with Crippen molar-refractivity contribution in [1.82, 2.24) is 24.7 Å². The van der Waals surface area contributed by atoms with Gasteiger partial charge >= 0.3 is 0 Å². The summed E-state index contributed by atoms with van der Waals surface area (Å²) in [6.07, 6.45) is 4.25. The Balaban J connectivity index is 1.83. The summed E-state index contributed by atoms with van der Waals surface area (Å²) in [7, 11) is 4.11. The number of amides is 1. The molecule has 1 N–H and O–H groups in total. The number of carbonyl (C=O) groups is 1. The van der Waals surface area contributed by atoms with Crippen LogP contribution in [0, 0.1) is 5.92 Å². The number of nitrogens with zero attached hydrogens (tertiary/aromatic N) is 4. The summed E-state index contributed by atoms with van der Waals surface area (Å²) in [5.41, 5.74) is 0. The van der Waals surface area contributed by atoms with E-state index in [9.17, 15) is 4.79 Å². The summed E-state index contributed by atoms with van der Waals surface area (Å²) >= 11 is 0. The maximum absolute atomic E-state index is 12.3. The summed E-state index contributed by atoms with van der Waals surface area (Å²) in [5.74, 6) is 1.34. The van der Waals surface area contributed by atoms with Gasteiger partial charge in [-0.3, -0.25) is 4.79 Å². The molecule has 0 saturated carbocycles. The van der Waals surface area contributed by atoms with Crippen molar-refractivity contribution >= 4 is 5.91 Å². The highest BCUT2D eigenvalue weighted by Gasteiger charge is 2.22. The number of aryl methyl sites for hydroxylation is 1. The van der Waals surface area contributed by atoms with Gasteiger partial charge < -0.3 is 19.7 Å². The van der Waals surface area contributed by atoms with Gasteiger partial charge in [-0.05, 0) is 13.0 Å². The molecule has 0 aromatic carbocycles. The third-order valence-corrected chi connectivity index (χ3v) is 4.37. The van der Waals surface area contributed by atoms with E-state index in [1.807, 2.05) is 17.8 Å². The van der Waals surface area contributed by atoms with E-state index in [0.29, 0.717) is 12.3 Å². The SMILES string of the molecule is CC(C)[C@@H](NC(=O)CCN1CCN(C)CC1)c1nccn1C. The number of nitrogens with one attached hydrogen (secondary N) is 1. The first-order valence-electron chi connectivity index (χ1n) is 8.15. The molecule has 1 aliphatic heterocycles. The van der Waals surface area contributed by atoms with E-state index in [4.69, 9.17) is 0 Å². The number of hydrogen-bond acceptors (Lipinski definition) is 4. The van der Waals surface area contributed by atoms with Crippen molar-refractivity contribution in [3.8, 4) is 0 Å². The van der Waals surface area contributed by atoms with Crippen molar-refractivity contribution in [3.63, 3.8) is 0 Å². The van der Waals surface area contributed by atoms with Crippen LogP contribution in [-0.2, 0) is 11.8 Å². The quantitative estimate of drug-likeness (QED) is 0.847. The van der Waals surface area contributed by atoms with Crippen LogP contribution in [-0.4, -0.2) is 65.0 Å². The third kappa shape index (κ3) is 4.55. The summed E-state index contributed by atoms with van der Waals surface area (Å²) in [6.45, 7) is 9.34. The molecule has 6 nitrogen and oxygen atoms in total. The molecule has 0 spiro atoms. The molecule has 22 heavy (non-hydrogen) atoms. The Kier molecular flexibility index (Phi) is 5.97. The average molecular weight is 307 g/mol. The zero-order valence-corrected chi connectivity index (χ0v) is 14.2. The molecular weight excluding hydrogens is 278 g/mol. The van der Waals surface area contributed by atoms with Crippen LogP contribution >= 0.6 is 0 Å². The third-order valence-electron chi connectivity index (χ3n) is 4.37. The molecule has 124 valence electrons. The van der Waals surface area contributed by atoms with Crippen molar-refractivity contribution in [2.24, 2.45) is 13.0 Å². The zero-order valence-electron chi connectivity index (χ0n) is 14.2. The summed E-state index contributed by atoms with van der Waals surface area (Å²) in [6, 6.07) is -0.0278. The lowest BCUT2D eigenvalue weighted by molar-refractivity contribution is -0.122. The molecule has 0 aliphatic carbocycles. The average Bonchev–Trinajstić information content (AvgIpc) is 2.90. The fraction of sp³-hybridized carbons (Fsp3) is 0.750. The molecule has 1 aliphatic rings. The Morgan fingerprint density at radius 3 is 2.50 bits per heavy atom. The van der Waals surface area contributed by atoms with E-state index in [2.05, 4.69) is 41.0 Å².